The number of methoxy groups -OCH3 is 1. The lowest BCUT2D eigenvalue weighted by molar-refractivity contribution is -0.118. The van der Waals surface area contributed by atoms with Crippen molar-refractivity contribution in [2.75, 3.05) is 12.4 Å². The molecule has 5 heteroatoms. The molecule has 1 aromatic carbocycles. The second-order valence-electron chi connectivity index (χ2n) is 4.50. The lowest BCUT2D eigenvalue weighted by Gasteiger charge is -2.05. The fourth-order valence-corrected chi connectivity index (χ4v) is 2.31. The summed E-state index contributed by atoms with van der Waals surface area (Å²) in [5.74, 6) is 1.60. The molecule has 2 heterocycles. The molecule has 0 bridgehead atoms. The highest BCUT2D eigenvalue weighted by Gasteiger charge is 2.30. The number of fused-ring (bicyclic) bond motifs is 1. The van der Waals surface area contributed by atoms with Crippen LogP contribution in [0.5, 0.6) is 5.75 Å². The van der Waals surface area contributed by atoms with E-state index in [0.717, 1.165) is 29.2 Å². The van der Waals surface area contributed by atoms with Gasteiger partial charge in [-0.05, 0) is 30.7 Å². The highest BCUT2D eigenvalue weighted by Crippen LogP contribution is 2.31. The van der Waals surface area contributed by atoms with Gasteiger partial charge in [-0.15, -0.1) is 0 Å². The van der Waals surface area contributed by atoms with Crippen LogP contribution in [0.25, 0.3) is 11.3 Å². The quantitative estimate of drug-likeness (QED) is 0.919. The number of aromatic nitrogens is 2. The maximum atomic E-state index is 11.7. The molecule has 1 amide bonds. The monoisotopic (exact) mass is 257 g/mol. The molecule has 0 spiro atoms. The maximum absolute atomic E-state index is 11.7. The van der Waals surface area contributed by atoms with Crippen LogP contribution in [-0.2, 0) is 4.79 Å². The summed E-state index contributed by atoms with van der Waals surface area (Å²) < 4.78 is 6.90. The number of nitrogens with zero attached hydrogens (tertiary/aromatic N) is 2. The normalized spacial score (nSPS) is 17.2. The van der Waals surface area contributed by atoms with E-state index < -0.39 is 0 Å². The van der Waals surface area contributed by atoms with E-state index in [1.54, 1.807) is 11.8 Å². The first-order chi connectivity index (χ1) is 9.22. The van der Waals surface area contributed by atoms with Crippen molar-refractivity contribution in [1.82, 2.24) is 9.78 Å². The average Bonchev–Trinajstić information content (AvgIpc) is 2.95. The fraction of sp³-hybridized carbons (Fsp3) is 0.286. The number of rotatable bonds is 3. The lowest BCUT2D eigenvalue weighted by atomic mass is 10.1. The minimum absolute atomic E-state index is 0.0197. The van der Waals surface area contributed by atoms with E-state index in [0.29, 0.717) is 0 Å². The molecule has 1 atom stereocenters. The molecule has 2 aromatic rings. The molecule has 0 aliphatic carbocycles. The van der Waals surface area contributed by atoms with Crippen LogP contribution < -0.4 is 10.1 Å². The average molecular weight is 257 g/mol. The topological polar surface area (TPSA) is 56.1 Å². The first-order valence-corrected chi connectivity index (χ1v) is 6.27. The van der Waals surface area contributed by atoms with Crippen molar-refractivity contribution in [3.8, 4) is 17.0 Å². The smallest absolute Gasteiger partial charge is 0.250 e. The molecule has 1 aliphatic heterocycles. The summed E-state index contributed by atoms with van der Waals surface area (Å²) in [6.07, 6.45) is 0.739. The molecular weight excluding hydrogens is 242 g/mol. The number of benzene rings is 1. The van der Waals surface area contributed by atoms with Gasteiger partial charge in [0.15, 0.2) is 0 Å². The summed E-state index contributed by atoms with van der Waals surface area (Å²) in [6.45, 7) is 1.98. The van der Waals surface area contributed by atoms with E-state index >= 15 is 0 Å². The highest BCUT2D eigenvalue weighted by atomic mass is 16.5. The van der Waals surface area contributed by atoms with E-state index in [1.165, 1.54) is 0 Å². The van der Waals surface area contributed by atoms with Crippen LogP contribution >= 0.6 is 0 Å². The number of hydrogen-bond acceptors (Lipinski definition) is 3. The number of hydrogen-bond donors (Lipinski definition) is 1. The van der Waals surface area contributed by atoms with Gasteiger partial charge in [0.2, 0.25) is 5.91 Å². The Morgan fingerprint density at radius 2 is 2.11 bits per heavy atom. The predicted octanol–water partition coefficient (Wildman–Crippen LogP) is 2.46. The molecular formula is C14H15N3O2. The van der Waals surface area contributed by atoms with Crippen molar-refractivity contribution in [3.63, 3.8) is 0 Å². The van der Waals surface area contributed by atoms with Gasteiger partial charge in [0, 0.05) is 11.6 Å². The lowest BCUT2D eigenvalue weighted by Crippen LogP contribution is -2.15. The Bertz CT molecular complexity index is 616. The maximum Gasteiger partial charge on any atom is 0.250 e. The number of amides is 1. The van der Waals surface area contributed by atoms with Crippen molar-refractivity contribution in [1.29, 1.82) is 0 Å². The largest absolute Gasteiger partial charge is 0.497 e. The minimum Gasteiger partial charge on any atom is -0.497 e. The van der Waals surface area contributed by atoms with Crippen LogP contribution in [0.2, 0.25) is 0 Å². The van der Waals surface area contributed by atoms with Crippen LogP contribution in [0, 0.1) is 0 Å². The molecule has 1 aliphatic rings. The SMILES string of the molecule is CCC1C(=O)Nc2cc(-c3ccc(OC)cc3)nn21. The number of carbonyl (C=O) groups is 1. The second-order valence-corrected chi connectivity index (χ2v) is 4.50. The third kappa shape index (κ3) is 1.87. The zero-order valence-corrected chi connectivity index (χ0v) is 10.9. The molecule has 0 saturated heterocycles. The predicted molar refractivity (Wildman–Crippen MR) is 72.2 cm³/mol. The van der Waals surface area contributed by atoms with Gasteiger partial charge in [0.05, 0.1) is 12.8 Å². The van der Waals surface area contributed by atoms with Crippen LogP contribution in [0.15, 0.2) is 30.3 Å². The summed E-state index contributed by atoms with van der Waals surface area (Å²) in [5, 5.41) is 7.36. The molecule has 98 valence electrons. The van der Waals surface area contributed by atoms with Crippen molar-refractivity contribution in [2.24, 2.45) is 0 Å². The van der Waals surface area contributed by atoms with Crippen molar-refractivity contribution in [2.45, 2.75) is 19.4 Å². The zero-order chi connectivity index (χ0) is 13.4. The molecule has 1 N–H and O–H groups in total. The number of carbonyl (C=O) groups excluding carboxylic acids is 1. The summed E-state index contributed by atoms with van der Waals surface area (Å²) in [6, 6.07) is 9.42. The number of nitrogens with one attached hydrogen (secondary N) is 1. The first kappa shape index (κ1) is 11.8. The molecule has 19 heavy (non-hydrogen) atoms. The van der Waals surface area contributed by atoms with Gasteiger partial charge >= 0.3 is 0 Å². The van der Waals surface area contributed by atoms with Gasteiger partial charge in [0.1, 0.15) is 17.6 Å². The van der Waals surface area contributed by atoms with Crippen molar-refractivity contribution < 1.29 is 9.53 Å². The summed E-state index contributed by atoms with van der Waals surface area (Å²) in [4.78, 5) is 11.7. The van der Waals surface area contributed by atoms with E-state index in [9.17, 15) is 4.79 Å². The summed E-state index contributed by atoms with van der Waals surface area (Å²) in [5.41, 5.74) is 1.86. The molecule has 5 nitrogen and oxygen atoms in total. The summed E-state index contributed by atoms with van der Waals surface area (Å²) >= 11 is 0. The Balaban J connectivity index is 1.95. The van der Waals surface area contributed by atoms with E-state index in [1.807, 2.05) is 37.3 Å². The molecule has 0 radical (unpaired) electrons. The van der Waals surface area contributed by atoms with Crippen molar-refractivity contribution >= 4 is 11.7 Å². The Morgan fingerprint density at radius 3 is 2.74 bits per heavy atom. The van der Waals surface area contributed by atoms with E-state index in [-0.39, 0.29) is 11.9 Å². The van der Waals surface area contributed by atoms with Crippen LogP contribution in [-0.4, -0.2) is 22.8 Å². The van der Waals surface area contributed by atoms with Crippen LogP contribution in [0.4, 0.5) is 5.82 Å². The summed E-state index contributed by atoms with van der Waals surface area (Å²) in [7, 11) is 1.64. The molecule has 0 fully saturated rings. The van der Waals surface area contributed by atoms with Crippen LogP contribution in [0.3, 0.4) is 0 Å². The standard InChI is InChI=1S/C14H15N3O2/c1-3-12-14(18)15-13-8-11(16-17(12)13)9-4-6-10(19-2)7-5-9/h4-8,12H,3H2,1-2H3,(H,15,18). The molecule has 0 saturated carbocycles. The van der Waals surface area contributed by atoms with Gasteiger partial charge in [-0.1, -0.05) is 6.92 Å². The van der Waals surface area contributed by atoms with Gasteiger partial charge in [0.25, 0.3) is 0 Å². The van der Waals surface area contributed by atoms with E-state index in [4.69, 9.17) is 4.74 Å². The zero-order valence-electron chi connectivity index (χ0n) is 10.9. The Hall–Kier alpha value is -2.30. The third-order valence-corrected chi connectivity index (χ3v) is 3.36. The van der Waals surface area contributed by atoms with E-state index in [2.05, 4.69) is 10.4 Å². The van der Waals surface area contributed by atoms with Gasteiger partial charge in [-0.2, -0.15) is 5.10 Å². The Morgan fingerprint density at radius 1 is 1.37 bits per heavy atom. The van der Waals surface area contributed by atoms with Gasteiger partial charge in [-0.25, -0.2) is 4.68 Å². The number of ether oxygens (including phenoxy) is 1. The van der Waals surface area contributed by atoms with Gasteiger partial charge in [-0.3, -0.25) is 4.79 Å². The molecule has 1 aromatic heterocycles. The second kappa shape index (κ2) is 4.42. The molecule has 1 unspecified atom stereocenters. The van der Waals surface area contributed by atoms with Gasteiger partial charge < -0.3 is 10.1 Å². The Kier molecular flexibility index (Phi) is 2.74. The Labute approximate surface area is 111 Å². The minimum atomic E-state index is -0.193. The van der Waals surface area contributed by atoms with Crippen LogP contribution in [0.1, 0.15) is 19.4 Å². The fourth-order valence-electron chi connectivity index (χ4n) is 2.31. The van der Waals surface area contributed by atoms with Crippen molar-refractivity contribution in [3.05, 3.63) is 30.3 Å². The molecule has 3 rings (SSSR count). The third-order valence-electron chi connectivity index (χ3n) is 3.36. The first-order valence-electron chi connectivity index (χ1n) is 6.27. The highest BCUT2D eigenvalue weighted by molar-refractivity contribution is 5.97. The number of anilines is 1.